The third-order valence-corrected chi connectivity index (χ3v) is 20.7. The van der Waals surface area contributed by atoms with Crippen LogP contribution in [0.15, 0.2) is 31.7 Å². The first-order valence-corrected chi connectivity index (χ1v) is 54.6. The molecule has 39 heteroatoms. The van der Waals surface area contributed by atoms with Crippen LogP contribution in [0.4, 0.5) is 9.93 Å². The number of alkyl carbamates (subject to hydrolysis) is 1. The Morgan fingerprint density at radius 3 is 1.22 bits per heavy atom. The Labute approximate surface area is 882 Å². The van der Waals surface area contributed by atoms with E-state index in [2.05, 4.69) is 277 Å². The molecule has 144 heavy (non-hydrogen) atoms. The van der Waals surface area contributed by atoms with Crippen molar-refractivity contribution in [2.75, 3.05) is 181 Å². The van der Waals surface area contributed by atoms with E-state index in [-0.39, 0.29) is 72.7 Å². The standard InChI is InChI=1S/C11H25N3O2S.C11H25N3.C10H18N2S.C10H17NO3.C10H21NO2.C10H21NO.C9H20N4O2.2C9H19NO2.C8H19N3.C8H17NO2/c1-11(2,3)8-7-9-12-10(14(4)5)13-17(6,15)16;1-11(2,3)8-7-9-13-10(12-4)14(5)6;1-10(2,3)5-4-6-11-9-12-7-8-13-9;1-8(2)4-3-5-11-9(12)6-14-7-10(11)13;1-10(2,3)6-5-7-11-9(12)8-13-4;1-5-9(12)11-8-6-7-10(2,3)4;1-8(2)6-5-7-10-9(12(3)4)11-13(14)15;1-9(2,3)6-5-7-10-8(11)12-4;1-8(2)6-5-7-10(12-4)9(3)11;1-8(2,3)5-4-6-11-7(9)10;1-7(2)4-3-5-9-8(11)6-10/h7-9H2,1-6H3,(H,12,13);7-9H2,1-6H3,(H,12,13);7-8H,4-6H2,1-3H3,(H,11,12);8H,3-7H2,1-2H3;5-8H2,1-4H3,(H,11,12);5-8H2,1-4H3,(H,11,12);8H,5-7H2,1-4H3,(H,10,11);5-7H2,1-4H3,(H,10,11);8H,5-7H2,1-4H3;4-6H2,1-3H3,(H4,9,10,11);7,10H,3-6H2,1-2H3,(H,9,11). The maximum atomic E-state index is 11.3. The van der Waals surface area contributed by atoms with Gasteiger partial charge in [0.2, 0.25) is 39.6 Å². The van der Waals surface area contributed by atoms with Crippen LogP contribution in [0.25, 0.3) is 0 Å². The Morgan fingerprint density at radius 2 is 0.882 bits per heavy atom. The number of hydroxylamine groups is 2. The van der Waals surface area contributed by atoms with Gasteiger partial charge in [0.1, 0.15) is 31.5 Å². The lowest BCUT2D eigenvalue weighted by molar-refractivity contribution is -0.485. The summed E-state index contributed by atoms with van der Waals surface area (Å²) >= 11 is 1.66. The number of hydrogen-bond acceptors (Lipinski definition) is 22. The van der Waals surface area contributed by atoms with Crippen LogP contribution in [0, 0.1) is 71.7 Å². The van der Waals surface area contributed by atoms with Crippen LogP contribution in [0.1, 0.15) is 362 Å². The number of imide groups is 1. The molecule has 13 N–H and O–H groups in total. The maximum absolute atomic E-state index is 11.3. The van der Waals surface area contributed by atoms with Crippen molar-refractivity contribution in [3.05, 3.63) is 21.7 Å². The van der Waals surface area contributed by atoms with Gasteiger partial charge in [0.15, 0.2) is 22.1 Å². The van der Waals surface area contributed by atoms with E-state index in [4.69, 9.17) is 26.1 Å². The summed E-state index contributed by atoms with van der Waals surface area (Å²) in [6, 6.07) is 0. The second kappa shape index (κ2) is 90.1. The molecule has 854 valence electrons. The van der Waals surface area contributed by atoms with E-state index in [1.807, 2.05) is 44.5 Å². The molecule has 0 spiro atoms. The lowest BCUT2D eigenvalue weighted by atomic mass is 9.91. The summed E-state index contributed by atoms with van der Waals surface area (Å²) in [5, 5.41) is 46.0. The minimum Gasteiger partial charge on any atom is -0.453 e. The Kier molecular flexibility index (Phi) is 96.2. The number of hydrazone groups is 1. The summed E-state index contributed by atoms with van der Waals surface area (Å²) in [6.07, 6.45) is 27.1. The van der Waals surface area contributed by atoms with E-state index in [9.17, 15) is 52.1 Å². The number of anilines is 1. The summed E-state index contributed by atoms with van der Waals surface area (Å²) < 4.78 is 38.6. The zero-order valence-corrected chi connectivity index (χ0v) is 101. The molecule has 0 atom stereocenters. The van der Waals surface area contributed by atoms with Gasteiger partial charge in [0.25, 0.3) is 17.8 Å². The van der Waals surface area contributed by atoms with Crippen molar-refractivity contribution in [3.8, 4) is 0 Å². The lowest BCUT2D eigenvalue weighted by Gasteiger charge is -2.24. The molecule has 0 unspecified atom stereocenters. The molecule has 1 fully saturated rings. The van der Waals surface area contributed by atoms with E-state index in [1.165, 1.54) is 63.9 Å². The van der Waals surface area contributed by atoms with Crippen molar-refractivity contribution in [3.63, 3.8) is 0 Å². The molecule has 2 heterocycles. The first-order valence-electron chi connectivity index (χ1n) is 51.9. The highest BCUT2D eigenvalue weighted by molar-refractivity contribution is 7.89. The van der Waals surface area contributed by atoms with Gasteiger partial charge in [-0.3, -0.25) is 58.2 Å². The normalized spacial score (nSPS) is 12.3. The lowest BCUT2D eigenvalue weighted by Crippen LogP contribution is -2.46. The number of carbonyl (C=O) groups excluding carboxylic acids is 7. The van der Waals surface area contributed by atoms with Gasteiger partial charge < -0.3 is 82.7 Å². The topological polar surface area (TPSA) is 481 Å². The van der Waals surface area contributed by atoms with Gasteiger partial charge in [-0.25, -0.2) is 33.4 Å². The van der Waals surface area contributed by atoms with Crippen LogP contribution >= 0.6 is 11.3 Å². The number of aliphatic hydroxyl groups excluding tert-OH is 1. The fourth-order valence-corrected chi connectivity index (χ4v) is 12.8. The molecule has 1 aromatic heterocycles. The van der Waals surface area contributed by atoms with Crippen molar-refractivity contribution in [1.82, 2.24) is 66.3 Å². The molecule has 0 aromatic carbocycles. The Bertz CT molecular complexity index is 3540. The number of morpholine rings is 1. The average molecular weight is 2100 g/mol. The minimum atomic E-state index is -3.26. The predicted octanol–water partition coefficient (Wildman–Crippen LogP) is 18.1. The molecular weight excluding hydrogens is 1880 g/mol. The van der Waals surface area contributed by atoms with Gasteiger partial charge in [0.05, 0.1) is 20.5 Å². The third-order valence-electron chi connectivity index (χ3n) is 19.5. The summed E-state index contributed by atoms with van der Waals surface area (Å²) in [6.45, 7) is 75.4. The highest BCUT2D eigenvalue weighted by Crippen LogP contribution is 2.25. The first kappa shape index (κ1) is 154. The van der Waals surface area contributed by atoms with Gasteiger partial charge in [-0.05, 0) is 203 Å². The number of sulfonamides is 1. The zero-order valence-electron chi connectivity index (χ0n) is 99.3. The number of aliphatic hydroxyl groups is 1. The van der Waals surface area contributed by atoms with E-state index in [0.29, 0.717) is 114 Å². The maximum Gasteiger partial charge on any atom is 0.406 e. The molecule has 0 radical (unpaired) electrons. The SMILES string of the molecule is CC(C)(C)CCCN=C(N)N.CC(C)(C)CCCNc1nccs1.CC(C)CCCN/C(=N/[N+](=O)[O-])N(C)C.CC(C)CCCN1C(=O)COCC1=O.CC(C)CCCNC(=O)CO.CCC(=O)NCCCC(C)(C)C.CN(C)C(=NCCCC(C)(C)C)NS(C)(=O)=O.CN=C(NCCCC(C)(C)C)N(C)C.COC(=O)NCCCC(C)(C)C.COCC(=O)NCCCC(C)(C)C.CON(CCCC(C)C)C(C)=O. The van der Waals surface area contributed by atoms with Crippen LogP contribution in [0.3, 0.4) is 0 Å². The van der Waals surface area contributed by atoms with Crippen LogP contribution < -0.4 is 53.4 Å². The Hall–Kier alpha value is -8.01. The summed E-state index contributed by atoms with van der Waals surface area (Å²) in [5.74, 6) is 3.88. The van der Waals surface area contributed by atoms with Gasteiger partial charge in [-0.2, -0.15) is 0 Å². The molecule has 0 bridgehead atoms. The number of aromatic nitrogens is 1. The van der Waals surface area contributed by atoms with Crippen LogP contribution in [-0.4, -0.2) is 289 Å². The monoisotopic (exact) mass is 2100 g/mol. The number of amides is 7. The summed E-state index contributed by atoms with van der Waals surface area (Å²) in [7, 11) is 13.9. The fourth-order valence-electron chi connectivity index (χ4n) is 11.6. The van der Waals surface area contributed by atoms with Crippen molar-refractivity contribution in [2.45, 2.75) is 362 Å². The molecule has 1 saturated heterocycles. The number of hydrogen-bond donors (Lipinski definition) is 11. The molecule has 0 aliphatic carbocycles. The number of thiazole rings is 1. The zero-order chi connectivity index (χ0) is 114. The summed E-state index contributed by atoms with van der Waals surface area (Å²) in [4.78, 5) is 114. The molecule has 1 aromatic rings. The molecule has 7 amide bonds. The van der Waals surface area contributed by atoms with Crippen molar-refractivity contribution in [2.24, 2.45) is 93.1 Å². The largest absolute Gasteiger partial charge is 0.453 e. The quantitative estimate of drug-likeness (QED) is 0.00721. The van der Waals surface area contributed by atoms with E-state index >= 15 is 0 Å². The van der Waals surface area contributed by atoms with Gasteiger partial charge >= 0.3 is 6.09 Å². The number of ether oxygens (including phenoxy) is 3. The number of methoxy groups -OCH3 is 2. The van der Waals surface area contributed by atoms with Gasteiger partial charge in [0, 0.05) is 153 Å². The second-order valence-electron chi connectivity index (χ2n) is 46.3. The van der Waals surface area contributed by atoms with Crippen molar-refractivity contribution in [1.29, 1.82) is 0 Å². The molecule has 0 saturated carbocycles. The van der Waals surface area contributed by atoms with E-state index < -0.39 is 21.7 Å². The molecule has 1 aliphatic rings. The smallest absolute Gasteiger partial charge is 0.406 e. The Balaban J connectivity index is -0.000000199. The highest BCUT2D eigenvalue weighted by atomic mass is 32.2. The van der Waals surface area contributed by atoms with Gasteiger partial charge in [-0.1, -0.05) is 208 Å². The fraction of sp³-hybridized carbons (Fsp3) is 0.867. The number of carbonyl (C=O) groups is 7. The van der Waals surface area contributed by atoms with Crippen LogP contribution in [0.2, 0.25) is 0 Å². The minimum absolute atomic E-state index is 0.0266. The number of nitrogens with zero attached hydrogens (tertiary/aromatic N) is 11. The molecule has 37 nitrogen and oxygen atoms in total. The summed E-state index contributed by atoms with van der Waals surface area (Å²) in [5.41, 5.74) is 13.0. The van der Waals surface area contributed by atoms with Gasteiger partial charge in [-0.15, -0.1) is 11.3 Å². The van der Waals surface area contributed by atoms with Crippen molar-refractivity contribution >= 4 is 91.9 Å². The average Bonchev–Trinajstić information content (AvgIpc) is 1.40. The third kappa shape index (κ3) is 134. The van der Waals surface area contributed by atoms with Crippen molar-refractivity contribution < 1.29 is 71.2 Å². The van der Waals surface area contributed by atoms with E-state index in [0.717, 1.165) is 166 Å². The number of nitro groups is 1. The highest BCUT2D eigenvalue weighted by Gasteiger charge is 2.26. The predicted molar refractivity (Wildman–Crippen MR) is 604 cm³/mol. The van der Waals surface area contributed by atoms with Crippen LogP contribution in [0.5, 0.6) is 0 Å². The molecule has 1 aliphatic heterocycles. The molecular formula is C105H221N21O16S2. The number of nitrogens with two attached hydrogens (primary N) is 2. The number of guanidine groups is 4. The Morgan fingerprint density at radius 1 is 0.528 bits per heavy atom. The first-order chi connectivity index (χ1) is 66.0. The van der Waals surface area contributed by atoms with Crippen LogP contribution in [-0.2, 0) is 57.8 Å². The number of aliphatic imine (C=N–C) groups is 3. The number of rotatable bonds is 45. The molecule has 2 rings (SSSR count). The number of nitrogens with one attached hydrogen (secondary N) is 8. The second-order valence-corrected chi connectivity index (χ2v) is 49.0. The van der Waals surface area contributed by atoms with E-state index in [1.54, 1.807) is 49.3 Å².